The van der Waals surface area contributed by atoms with E-state index in [0.717, 1.165) is 19.3 Å². The minimum absolute atomic E-state index is 0.0982. The van der Waals surface area contributed by atoms with Crippen LogP contribution in [0.4, 0.5) is 0 Å². The summed E-state index contributed by atoms with van der Waals surface area (Å²) in [6.07, 6.45) is -2.41. The van der Waals surface area contributed by atoms with Crippen LogP contribution in [-0.4, -0.2) is 56.6 Å². The van der Waals surface area contributed by atoms with E-state index >= 15 is 0 Å². The van der Waals surface area contributed by atoms with Crippen molar-refractivity contribution in [2.45, 2.75) is 70.9 Å². The molecule has 0 aromatic heterocycles. The fourth-order valence-corrected chi connectivity index (χ4v) is 2.22. The molecule has 0 saturated heterocycles. The minimum atomic E-state index is -1.53. The molecule has 0 aliphatic carbocycles. The van der Waals surface area contributed by atoms with Gasteiger partial charge in [-0.05, 0) is 18.3 Å². The highest BCUT2D eigenvalue weighted by atomic mass is 16.4. The Labute approximate surface area is 109 Å². The number of aliphatic hydroxyl groups is 5. The molecule has 0 fully saturated rings. The Morgan fingerprint density at radius 3 is 1.83 bits per heavy atom. The number of hydrogen-bond donors (Lipinski definition) is 5. The summed E-state index contributed by atoms with van der Waals surface area (Å²) in [7, 11) is 0. The monoisotopic (exact) mass is 264 g/mol. The van der Waals surface area contributed by atoms with Crippen LogP contribution in [0.2, 0.25) is 0 Å². The summed E-state index contributed by atoms with van der Waals surface area (Å²) in [5.74, 6) is 0. The molecule has 0 amide bonds. The molecule has 0 bridgehead atoms. The molecule has 5 nitrogen and oxygen atoms in total. The van der Waals surface area contributed by atoms with Gasteiger partial charge < -0.3 is 25.5 Å². The van der Waals surface area contributed by atoms with Gasteiger partial charge in [-0.15, -0.1) is 0 Å². The fourth-order valence-electron chi connectivity index (χ4n) is 2.22. The maximum absolute atomic E-state index is 9.92. The lowest BCUT2D eigenvalue weighted by Gasteiger charge is -2.34. The van der Waals surface area contributed by atoms with Crippen molar-refractivity contribution in [3.63, 3.8) is 0 Å². The molecule has 0 saturated carbocycles. The van der Waals surface area contributed by atoms with Crippen molar-refractivity contribution < 1.29 is 25.5 Å². The largest absolute Gasteiger partial charge is 0.394 e. The van der Waals surface area contributed by atoms with Crippen LogP contribution >= 0.6 is 0 Å². The van der Waals surface area contributed by atoms with Gasteiger partial charge in [0.05, 0.1) is 12.7 Å². The molecule has 0 aromatic carbocycles. The molecule has 0 radical (unpaired) electrons. The summed E-state index contributed by atoms with van der Waals surface area (Å²) < 4.78 is 0. The van der Waals surface area contributed by atoms with E-state index in [1.165, 1.54) is 0 Å². The van der Waals surface area contributed by atoms with E-state index in [4.69, 9.17) is 5.11 Å². The average molecular weight is 264 g/mol. The minimum Gasteiger partial charge on any atom is -0.394 e. The SMILES string of the molecule is CCCC(C)(CC)CC(O)C(O)C(O)C(O)CO. The molecular formula is C13H28O5. The van der Waals surface area contributed by atoms with Gasteiger partial charge in [0.2, 0.25) is 0 Å². The van der Waals surface area contributed by atoms with Gasteiger partial charge in [0.1, 0.15) is 18.3 Å². The van der Waals surface area contributed by atoms with Gasteiger partial charge in [-0.3, -0.25) is 0 Å². The van der Waals surface area contributed by atoms with Gasteiger partial charge in [0, 0.05) is 0 Å². The molecule has 0 aliphatic heterocycles. The van der Waals surface area contributed by atoms with Crippen LogP contribution < -0.4 is 0 Å². The smallest absolute Gasteiger partial charge is 0.110 e. The van der Waals surface area contributed by atoms with Crippen molar-refractivity contribution in [3.05, 3.63) is 0 Å². The van der Waals surface area contributed by atoms with Crippen molar-refractivity contribution in [2.75, 3.05) is 6.61 Å². The van der Waals surface area contributed by atoms with Crippen LogP contribution in [0, 0.1) is 5.41 Å². The first kappa shape index (κ1) is 17.8. The topological polar surface area (TPSA) is 101 Å². The third kappa shape index (κ3) is 5.20. The molecule has 5 heteroatoms. The predicted octanol–water partition coefficient (Wildman–Crippen LogP) is 0.0288. The van der Waals surface area contributed by atoms with Gasteiger partial charge >= 0.3 is 0 Å². The van der Waals surface area contributed by atoms with Gasteiger partial charge in [-0.1, -0.05) is 33.6 Å². The lowest BCUT2D eigenvalue weighted by Crippen LogP contribution is -2.47. The first-order valence-corrected chi connectivity index (χ1v) is 6.64. The summed E-state index contributed by atoms with van der Waals surface area (Å²) >= 11 is 0. The molecule has 0 aromatic rings. The highest BCUT2D eigenvalue weighted by Gasteiger charge is 2.34. The molecule has 0 rings (SSSR count). The normalized spacial score (nSPS) is 22.0. The quantitative estimate of drug-likeness (QED) is 0.404. The third-order valence-electron chi connectivity index (χ3n) is 3.73. The van der Waals surface area contributed by atoms with Crippen molar-refractivity contribution >= 4 is 0 Å². The zero-order valence-electron chi connectivity index (χ0n) is 11.6. The second-order valence-corrected chi connectivity index (χ2v) is 5.42. The summed E-state index contributed by atoms with van der Waals surface area (Å²) in [5.41, 5.74) is -0.0982. The molecule has 110 valence electrons. The molecule has 0 spiro atoms. The van der Waals surface area contributed by atoms with E-state index in [0.29, 0.717) is 6.42 Å². The maximum atomic E-state index is 9.92. The molecule has 5 atom stereocenters. The molecule has 0 heterocycles. The lowest BCUT2D eigenvalue weighted by atomic mass is 9.76. The maximum Gasteiger partial charge on any atom is 0.110 e. The van der Waals surface area contributed by atoms with E-state index in [9.17, 15) is 20.4 Å². The van der Waals surface area contributed by atoms with E-state index < -0.39 is 31.0 Å². The second-order valence-electron chi connectivity index (χ2n) is 5.42. The van der Waals surface area contributed by atoms with Gasteiger partial charge in [0.15, 0.2) is 0 Å². The molecule has 18 heavy (non-hydrogen) atoms. The van der Waals surface area contributed by atoms with Crippen LogP contribution in [0.15, 0.2) is 0 Å². The van der Waals surface area contributed by atoms with Crippen molar-refractivity contribution in [1.82, 2.24) is 0 Å². The first-order valence-electron chi connectivity index (χ1n) is 6.64. The van der Waals surface area contributed by atoms with Crippen molar-refractivity contribution in [3.8, 4) is 0 Å². The van der Waals surface area contributed by atoms with Crippen LogP contribution in [0.3, 0.4) is 0 Å². The average Bonchev–Trinajstić information content (AvgIpc) is 2.36. The Bertz CT molecular complexity index is 223. The van der Waals surface area contributed by atoms with E-state index in [-0.39, 0.29) is 5.41 Å². The van der Waals surface area contributed by atoms with Gasteiger partial charge in [-0.25, -0.2) is 0 Å². The number of aliphatic hydroxyl groups excluding tert-OH is 5. The summed E-state index contributed by atoms with van der Waals surface area (Å²) in [6, 6.07) is 0. The Kier molecular flexibility index (Phi) is 7.98. The molecular weight excluding hydrogens is 236 g/mol. The first-order chi connectivity index (χ1) is 8.31. The van der Waals surface area contributed by atoms with Crippen molar-refractivity contribution in [1.29, 1.82) is 0 Å². The van der Waals surface area contributed by atoms with E-state index in [1.54, 1.807) is 0 Å². The zero-order chi connectivity index (χ0) is 14.3. The van der Waals surface area contributed by atoms with Crippen LogP contribution in [0.1, 0.15) is 46.5 Å². The molecule has 5 N–H and O–H groups in total. The van der Waals surface area contributed by atoms with Gasteiger partial charge in [0.25, 0.3) is 0 Å². The van der Waals surface area contributed by atoms with Crippen LogP contribution in [-0.2, 0) is 0 Å². The van der Waals surface area contributed by atoms with Gasteiger partial charge in [-0.2, -0.15) is 0 Å². The zero-order valence-corrected chi connectivity index (χ0v) is 11.6. The molecule has 5 unspecified atom stereocenters. The summed E-state index contributed by atoms with van der Waals surface area (Å²) in [6.45, 7) is 5.46. The summed E-state index contributed by atoms with van der Waals surface area (Å²) in [4.78, 5) is 0. The number of hydrogen-bond acceptors (Lipinski definition) is 5. The van der Waals surface area contributed by atoms with Crippen LogP contribution in [0.5, 0.6) is 0 Å². The Morgan fingerprint density at radius 2 is 1.44 bits per heavy atom. The number of rotatable bonds is 9. The van der Waals surface area contributed by atoms with Crippen LogP contribution in [0.25, 0.3) is 0 Å². The lowest BCUT2D eigenvalue weighted by molar-refractivity contribution is -0.122. The highest BCUT2D eigenvalue weighted by molar-refractivity contribution is 4.85. The summed E-state index contributed by atoms with van der Waals surface area (Å²) in [5, 5.41) is 47.1. The molecule has 0 aliphatic rings. The highest BCUT2D eigenvalue weighted by Crippen LogP contribution is 2.33. The Balaban J connectivity index is 4.50. The Morgan fingerprint density at radius 1 is 0.944 bits per heavy atom. The van der Waals surface area contributed by atoms with E-state index in [1.807, 2.05) is 13.8 Å². The Hall–Kier alpha value is -0.200. The standard InChI is InChI=1S/C13H28O5/c1-4-6-13(3,5-2)7-9(15)11(17)12(18)10(16)8-14/h9-12,14-18H,4-8H2,1-3H3. The van der Waals surface area contributed by atoms with E-state index in [2.05, 4.69) is 6.92 Å². The third-order valence-corrected chi connectivity index (χ3v) is 3.73. The van der Waals surface area contributed by atoms with Crippen molar-refractivity contribution in [2.24, 2.45) is 5.41 Å². The predicted molar refractivity (Wildman–Crippen MR) is 69.0 cm³/mol. The fraction of sp³-hybridized carbons (Fsp3) is 1.00. The second kappa shape index (κ2) is 8.07.